The van der Waals surface area contributed by atoms with E-state index in [1.54, 1.807) is 0 Å². The van der Waals surface area contributed by atoms with Gasteiger partial charge in [-0.2, -0.15) is 0 Å². The number of hydrogen-bond acceptors (Lipinski definition) is 2. The van der Waals surface area contributed by atoms with E-state index in [2.05, 4.69) is 10.6 Å². The van der Waals surface area contributed by atoms with Crippen LogP contribution in [0.3, 0.4) is 0 Å². The lowest BCUT2D eigenvalue weighted by molar-refractivity contribution is -0.940. The molecule has 5 heteroatoms. The molecular weight excluding hydrogens is 290 g/mol. The van der Waals surface area contributed by atoms with Crippen LogP contribution in [0.5, 0.6) is 11.5 Å². The number of anilines is 1. The molecule has 2 aromatic rings. The van der Waals surface area contributed by atoms with Gasteiger partial charge in [0.25, 0.3) is 5.91 Å². The van der Waals surface area contributed by atoms with Crippen molar-refractivity contribution in [1.29, 1.82) is 0 Å². The number of carbonyl (C=O) groups excluding carboxylic acids is 1. The number of nitrogens with two attached hydrogens (primary N) is 1. The van der Waals surface area contributed by atoms with Crippen molar-refractivity contribution in [2.45, 2.75) is 0 Å². The van der Waals surface area contributed by atoms with Crippen LogP contribution in [-0.4, -0.2) is 38.6 Å². The van der Waals surface area contributed by atoms with Crippen LogP contribution in [0.4, 0.5) is 5.69 Å². The van der Waals surface area contributed by atoms with Gasteiger partial charge >= 0.3 is 0 Å². The van der Waals surface area contributed by atoms with Crippen LogP contribution >= 0.6 is 0 Å². The third kappa shape index (κ3) is 4.81. The van der Waals surface area contributed by atoms with E-state index >= 15 is 0 Å². The van der Waals surface area contributed by atoms with Crippen LogP contribution in [0.2, 0.25) is 0 Å². The van der Waals surface area contributed by atoms with Gasteiger partial charge in [0.05, 0.1) is 0 Å². The molecule has 1 saturated heterocycles. The van der Waals surface area contributed by atoms with Crippen LogP contribution in [0.1, 0.15) is 0 Å². The molecule has 23 heavy (non-hydrogen) atoms. The summed E-state index contributed by atoms with van der Waals surface area (Å²) in [6.45, 7) is 4.85. The Hall–Kier alpha value is -2.37. The number of carbonyl (C=O) groups is 1. The Morgan fingerprint density at radius 1 is 1.00 bits per heavy atom. The number of hydrogen-bond donors (Lipinski definition) is 3. The molecule has 0 aromatic heterocycles. The minimum Gasteiger partial charge on any atom is -0.457 e. The molecule has 4 N–H and O–H groups in total. The summed E-state index contributed by atoms with van der Waals surface area (Å²) < 4.78 is 5.74. The van der Waals surface area contributed by atoms with Gasteiger partial charge in [-0.3, -0.25) is 4.79 Å². The SMILES string of the molecule is O=C(C[NH+]1CC[NH2+]CC1)Nc1ccc(Oc2ccccc2)cc1. The van der Waals surface area contributed by atoms with Crippen LogP contribution in [0.15, 0.2) is 54.6 Å². The maximum absolute atomic E-state index is 12.1. The summed E-state index contributed by atoms with van der Waals surface area (Å²) in [5, 5.41) is 5.25. The highest BCUT2D eigenvalue weighted by molar-refractivity contribution is 5.91. The standard InChI is InChI=1S/C18H21N3O2/c22-18(14-21-12-10-19-11-13-21)20-15-6-8-17(9-7-15)23-16-4-2-1-3-5-16/h1-9,19H,10-14H2,(H,20,22)/p+2. The van der Waals surface area contributed by atoms with Crippen molar-refractivity contribution in [3.8, 4) is 11.5 Å². The number of ether oxygens (including phenoxy) is 1. The van der Waals surface area contributed by atoms with Gasteiger partial charge < -0.3 is 20.3 Å². The van der Waals surface area contributed by atoms with Crippen molar-refractivity contribution < 1.29 is 19.7 Å². The summed E-state index contributed by atoms with van der Waals surface area (Å²) >= 11 is 0. The van der Waals surface area contributed by atoms with Crippen LogP contribution in [0.25, 0.3) is 0 Å². The molecule has 1 fully saturated rings. The van der Waals surface area contributed by atoms with Crippen molar-refractivity contribution in [2.75, 3.05) is 38.0 Å². The van der Waals surface area contributed by atoms with Crippen molar-refractivity contribution in [2.24, 2.45) is 0 Å². The molecular formula is C18H23N3O2+2. The summed E-state index contributed by atoms with van der Waals surface area (Å²) in [6.07, 6.45) is 0. The van der Waals surface area contributed by atoms with Crippen LogP contribution in [0, 0.1) is 0 Å². The summed E-state index contributed by atoms with van der Waals surface area (Å²) in [7, 11) is 0. The largest absolute Gasteiger partial charge is 0.457 e. The second-order valence-electron chi connectivity index (χ2n) is 5.78. The van der Waals surface area contributed by atoms with Crippen molar-refractivity contribution >= 4 is 11.6 Å². The Balaban J connectivity index is 1.51. The average molecular weight is 313 g/mol. The van der Waals surface area contributed by atoms with Gasteiger partial charge in [0.2, 0.25) is 0 Å². The Bertz CT molecular complexity index is 622. The second-order valence-corrected chi connectivity index (χ2v) is 5.78. The molecule has 0 spiro atoms. The first-order valence-corrected chi connectivity index (χ1v) is 8.08. The molecule has 0 unspecified atom stereocenters. The number of benzene rings is 2. The van der Waals surface area contributed by atoms with E-state index in [4.69, 9.17) is 4.74 Å². The van der Waals surface area contributed by atoms with Crippen LogP contribution in [-0.2, 0) is 4.79 Å². The van der Waals surface area contributed by atoms with E-state index in [-0.39, 0.29) is 5.91 Å². The third-order valence-corrected chi connectivity index (χ3v) is 3.93. The Labute approximate surface area is 136 Å². The van der Waals surface area contributed by atoms with Gasteiger partial charge in [-0.25, -0.2) is 0 Å². The fourth-order valence-electron chi connectivity index (χ4n) is 2.72. The first kappa shape index (κ1) is 15.5. The van der Waals surface area contributed by atoms with E-state index < -0.39 is 0 Å². The van der Waals surface area contributed by atoms with E-state index in [9.17, 15) is 4.79 Å². The van der Waals surface area contributed by atoms with Gasteiger partial charge in [0.1, 0.15) is 37.7 Å². The highest BCUT2D eigenvalue weighted by Gasteiger charge is 2.18. The minimum absolute atomic E-state index is 0.0682. The topological polar surface area (TPSA) is 59.4 Å². The smallest absolute Gasteiger partial charge is 0.279 e. The van der Waals surface area contributed by atoms with Gasteiger partial charge in [0, 0.05) is 5.69 Å². The lowest BCUT2D eigenvalue weighted by atomic mass is 10.3. The molecule has 0 atom stereocenters. The van der Waals surface area contributed by atoms with Crippen molar-refractivity contribution in [1.82, 2.24) is 0 Å². The molecule has 0 saturated carbocycles. The number of amides is 1. The summed E-state index contributed by atoms with van der Waals surface area (Å²) in [5.41, 5.74) is 0.804. The Morgan fingerprint density at radius 2 is 1.65 bits per heavy atom. The maximum Gasteiger partial charge on any atom is 0.279 e. The maximum atomic E-state index is 12.1. The van der Waals surface area contributed by atoms with E-state index in [0.717, 1.165) is 43.4 Å². The quantitative estimate of drug-likeness (QED) is 0.721. The molecule has 5 nitrogen and oxygen atoms in total. The normalized spacial score (nSPS) is 15.1. The first-order chi connectivity index (χ1) is 11.3. The molecule has 0 radical (unpaired) electrons. The van der Waals surface area contributed by atoms with Crippen molar-refractivity contribution in [3.63, 3.8) is 0 Å². The zero-order chi connectivity index (χ0) is 15.9. The van der Waals surface area contributed by atoms with Crippen LogP contribution < -0.4 is 20.3 Å². The van der Waals surface area contributed by atoms with Gasteiger partial charge in [-0.05, 0) is 36.4 Å². The molecule has 3 rings (SSSR count). The second kappa shape index (κ2) is 7.76. The molecule has 2 aromatic carbocycles. The highest BCUT2D eigenvalue weighted by Crippen LogP contribution is 2.22. The Kier molecular flexibility index (Phi) is 5.24. The summed E-state index contributed by atoms with van der Waals surface area (Å²) in [5.74, 6) is 1.62. The number of nitrogens with one attached hydrogen (secondary N) is 2. The zero-order valence-corrected chi connectivity index (χ0v) is 13.1. The molecule has 1 heterocycles. The molecule has 0 bridgehead atoms. The average Bonchev–Trinajstić information content (AvgIpc) is 2.58. The first-order valence-electron chi connectivity index (χ1n) is 8.08. The molecule has 1 aliphatic rings. The summed E-state index contributed by atoms with van der Waals surface area (Å²) in [6, 6.07) is 17.1. The molecule has 1 aliphatic heterocycles. The van der Waals surface area contributed by atoms with E-state index in [1.165, 1.54) is 4.90 Å². The van der Waals surface area contributed by atoms with Gasteiger partial charge in [0.15, 0.2) is 6.54 Å². The lowest BCUT2D eigenvalue weighted by Crippen LogP contribution is -3.21. The Morgan fingerprint density at radius 3 is 2.35 bits per heavy atom. The predicted molar refractivity (Wildman–Crippen MR) is 88.8 cm³/mol. The molecule has 0 aliphatic carbocycles. The van der Waals surface area contributed by atoms with Gasteiger partial charge in [-0.15, -0.1) is 0 Å². The lowest BCUT2D eigenvalue weighted by Gasteiger charge is -2.21. The fraction of sp³-hybridized carbons (Fsp3) is 0.278. The number of piperazine rings is 1. The zero-order valence-electron chi connectivity index (χ0n) is 13.1. The molecule has 1 amide bonds. The van der Waals surface area contributed by atoms with Gasteiger partial charge in [-0.1, -0.05) is 18.2 Å². The van der Waals surface area contributed by atoms with Crippen molar-refractivity contribution in [3.05, 3.63) is 54.6 Å². The van der Waals surface area contributed by atoms with E-state index in [0.29, 0.717) is 6.54 Å². The number of para-hydroxylation sites is 1. The minimum atomic E-state index is 0.0682. The monoisotopic (exact) mass is 313 g/mol. The number of quaternary nitrogens is 2. The predicted octanol–water partition coefficient (Wildman–Crippen LogP) is -0.121. The summed E-state index contributed by atoms with van der Waals surface area (Å²) in [4.78, 5) is 13.4. The van der Waals surface area contributed by atoms with E-state index in [1.807, 2.05) is 54.6 Å². The highest BCUT2D eigenvalue weighted by atomic mass is 16.5. The fourth-order valence-corrected chi connectivity index (χ4v) is 2.72. The third-order valence-electron chi connectivity index (χ3n) is 3.93. The molecule has 120 valence electrons. The number of rotatable bonds is 5.